The van der Waals surface area contributed by atoms with Crippen LogP contribution in [0.3, 0.4) is 0 Å². The van der Waals surface area contributed by atoms with Crippen molar-refractivity contribution in [3.8, 4) is 0 Å². The average Bonchev–Trinajstić information content (AvgIpc) is 2.60. The number of amides is 1. The second-order valence-corrected chi connectivity index (χ2v) is 6.75. The van der Waals surface area contributed by atoms with Crippen molar-refractivity contribution in [1.82, 2.24) is 9.88 Å². The van der Waals surface area contributed by atoms with Crippen molar-refractivity contribution in [3.05, 3.63) is 59.4 Å². The molecule has 0 radical (unpaired) electrons. The maximum Gasteiger partial charge on any atom is 0.272 e. The molecule has 1 saturated heterocycles. The number of nitrogens with zero attached hydrogens (tertiary/aromatic N) is 2. The second-order valence-electron chi connectivity index (χ2n) is 6.75. The molecule has 0 bridgehead atoms. The van der Waals surface area contributed by atoms with Crippen molar-refractivity contribution in [2.24, 2.45) is 5.92 Å². The van der Waals surface area contributed by atoms with Crippen LogP contribution in [0.1, 0.15) is 41.4 Å². The summed E-state index contributed by atoms with van der Waals surface area (Å²) in [5.41, 5.74) is 3.93. The van der Waals surface area contributed by atoms with Crippen LogP contribution in [0.15, 0.2) is 42.6 Å². The Morgan fingerprint density at radius 2 is 2.04 bits per heavy atom. The summed E-state index contributed by atoms with van der Waals surface area (Å²) in [4.78, 5) is 18.8. The number of benzene rings is 1. The van der Waals surface area contributed by atoms with Crippen LogP contribution in [0, 0.1) is 12.8 Å². The Bertz CT molecular complexity index is 706. The normalized spacial score (nSPS) is 15.3. The fourth-order valence-corrected chi connectivity index (χ4v) is 3.06. The van der Waals surface area contributed by atoms with Crippen LogP contribution in [0.25, 0.3) is 0 Å². The van der Waals surface area contributed by atoms with Gasteiger partial charge < -0.3 is 10.2 Å². The van der Waals surface area contributed by atoms with Crippen LogP contribution in [-0.4, -0.2) is 28.9 Å². The van der Waals surface area contributed by atoms with E-state index in [-0.39, 0.29) is 5.91 Å². The maximum atomic E-state index is 12.6. The van der Waals surface area contributed by atoms with E-state index in [1.807, 2.05) is 17.0 Å². The van der Waals surface area contributed by atoms with E-state index in [4.69, 9.17) is 0 Å². The Balaban J connectivity index is 1.64. The highest BCUT2D eigenvalue weighted by atomic mass is 16.2. The van der Waals surface area contributed by atoms with E-state index in [9.17, 15) is 4.79 Å². The lowest BCUT2D eigenvalue weighted by atomic mass is 9.99. The Labute approximate surface area is 143 Å². The molecule has 4 heteroatoms. The van der Waals surface area contributed by atoms with Gasteiger partial charge in [0, 0.05) is 31.5 Å². The first-order valence-electron chi connectivity index (χ1n) is 8.66. The highest BCUT2D eigenvalue weighted by Crippen LogP contribution is 2.19. The van der Waals surface area contributed by atoms with Crippen LogP contribution >= 0.6 is 0 Å². The number of rotatable bonds is 4. The zero-order valence-corrected chi connectivity index (χ0v) is 14.5. The van der Waals surface area contributed by atoms with E-state index < -0.39 is 0 Å². The first kappa shape index (κ1) is 16.5. The molecule has 0 aliphatic carbocycles. The molecular weight excluding hydrogens is 298 g/mol. The zero-order chi connectivity index (χ0) is 16.9. The summed E-state index contributed by atoms with van der Waals surface area (Å²) in [6, 6.07) is 12.2. The first-order valence-corrected chi connectivity index (χ1v) is 8.66. The molecule has 2 heterocycles. The predicted molar refractivity (Wildman–Crippen MR) is 97.0 cm³/mol. The van der Waals surface area contributed by atoms with E-state index in [1.165, 1.54) is 11.1 Å². The smallest absolute Gasteiger partial charge is 0.272 e. The zero-order valence-electron chi connectivity index (χ0n) is 14.5. The molecule has 3 rings (SSSR count). The quantitative estimate of drug-likeness (QED) is 0.929. The molecule has 2 aromatic rings. The second kappa shape index (κ2) is 7.47. The number of likely N-dealkylation sites (tertiary alicyclic amines) is 1. The van der Waals surface area contributed by atoms with Crippen LogP contribution < -0.4 is 5.32 Å². The molecule has 0 saturated carbocycles. The molecule has 1 aromatic heterocycles. The van der Waals surface area contributed by atoms with Gasteiger partial charge in [-0.3, -0.25) is 9.78 Å². The number of hydrogen-bond donors (Lipinski definition) is 1. The molecule has 1 fully saturated rings. The number of aryl methyl sites for hydroxylation is 1. The molecule has 126 valence electrons. The van der Waals surface area contributed by atoms with E-state index in [0.717, 1.165) is 38.2 Å². The van der Waals surface area contributed by atoms with Crippen molar-refractivity contribution in [2.45, 2.75) is 33.2 Å². The van der Waals surface area contributed by atoms with Crippen molar-refractivity contribution in [1.29, 1.82) is 0 Å². The lowest BCUT2D eigenvalue weighted by Crippen LogP contribution is -2.38. The topological polar surface area (TPSA) is 45.2 Å². The molecule has 1 aliphatic heterocycles. The number of carbonyl (C=O) groups is 1. The molecule has 0 unspecified atom stereocenters. The number of carbonyl (C=O) groups excluding carboxylic acids is 1. The molecule has 24 heavy (non-hydrogen) atoms. The van der Waals surface area contributed by atoms with Crippen LogP contribution in [0.4, 0.5) is 5.69 Å². The van der Waals surface area contributed by atoms with Gasteiger partial charge in [-0.15, -0.1) is 0 Å². The van der Waals surface area contributed by atoms with Gasteiger partial charge in [0.05, 0.1) is 0 Å². The molecule has 0 atom stereocenters. The van der Waals surface area contributed by atoms with Gasteiger partial charge in [-0.2, -0.15) is 0 Å². The van der Waals surface area contributed by atoms with Crippen molar-refractivity contribution < 1.29 is 4.79 Å². The maximum absolute atomic E-state index is 12.6. The molecule has 0 spiro atoms. The number of aromatic nitrogens is 1. The third-order valence-electron chi connectivity index (χ3n) is 4.63. The fraction of sp³-hybridized carbons (Fsp3) is 0.400. The SMILES string of the molecule is Cc1cccc(CNc2ccnc(C(=O)N3CCC(C)CC3)c2)c1. The van der Waals surface area contributed by atoms with Crippen molar-refractivity contribution >= 4 is 11.6 Å². The number of anilines is 1. The predicted octanol–water partition coefficient (Wildman–Crippen LogP) is 3.87. The summed E-state index contributed by atoms with van der Waals surface area (Å²) < 4.78 is 0. The van der Waals surface area contributed by atoms with Gasteiger partial charge in [0.1, 0.15) is 5.69 Å². The first-order chi connectivity index (χ1) is 11.6. The lowest BCUT2D eigenvalue weighted by molar-refractivity contribution is 0.0691. The largest absolute Gasteiger partial charge is 0.381 e. The molecule has 1 aliphatic rings. The average molecular weight is 323 g/mol. The summed E-state index contributed by atoms with van der Waals surface area (Å²) in [7, 11) is 0. The summed E-state index contributed by atoms with van der Waals surface area (Å²) in [6.07, 6.45) is 3.87. The van der Waals surface area contributed by atoms with E-state index in [1.54, 1.807) is 6.20 Å². The van der Waals surface area contributed by atoms with Crippen LogP contribution in [0.5, 0.6) is 0 Å². The lowest BCUT2D eigenvalue weighted by Gasteiger charge is -2.30. The highest BCUT2D eigenvalue weighted by Gasteiger charge is 2.22. The number of piperidine rings is 1. The van der Waals surface area contributed by atoms with Crippen LogP contribution in [-0.2, 0) is 6.54 Å². The van der Waals surface area contributed by atoms with Crippen molar-refractivity contribution in [2.75, 3.05) is 18.4 Å². The Kier molecular flexibility index (Phi) is 5.14. The summed E-state index contributed by atoms with van der Waals surface area (Å²) in [5.74, 6) is 0.755. The molecule has 1 amide bonds. The van der Waals surface area contributed by atoms with E-state index in [2.05, 4.69) is 48.4 Å². The third kappa shape index (κ3) is 4.13. The monoisotopic (exact) mass is 323 g/mol. The minimum atomic E-state index is 0.0427. The van der Waals surface area contributed by atoms with Gasteiger partial charge in [0.25, 0.3) is 5.91 Å². The number of hydrogen-bond acceptors (Lipinski definition) is 3. The highest BCUT2D eigenvalue weighted by molar-refractivity contribution is 5.93. The van der Waals surface area contributed by atoms with E-state index in [0.29, 0.717) is 11.6 Å². The summed E-state index contributed by atoms with van der Waals surface area (Å²) in [6.45, 7) is 6.74. The Hall–Kier alpha value is -2.36. The number of nitrogens with one attached hydrogen (secondary N) is 1. The van der Waals surface area contributed by atoms with Gasteiger partial charge in [-0.05, 0) is 43.4 Å². The third-order valence-corrected chi connectivity index (χ3v) is 4.63. The van der Waals surface area contributed by atoms with Crippen molar-refractivity contribution in [3.63, 3.8) is 0 Å². The standard InChI is InChI=1S/C20H25N3O/c1-15-7-10-23(11-8-15)20(24)19-13-18(6-9-21-19)22-14-17-5-3-4-16(2)12-17/h3-6,9,12-13,15H,7-8,10-11,14H2,1-2H3,(H,21,22). The minimum Gasteiger partial charge on any atom is -0.381 e. The molecule has 1 N–H and O–H groups in total. The Morgan fingerprint density at radius 3 is 2.79 bits per heavy atom. The Morgan fingerprint density at radius 1 is 1.25 bits per heavy atom. The summed E-state index contributed by atoms with van der Waals surface area (Å²) in [5, 5.41) is 3.38. The van der Waals surface area contributed by atoms with E-state index >= 15 is 0 Å². The summed E-state index contributed by atoms with van der Waals surface area (Å²) >= 11 is 0. The van der Waals surface area contributed by atoms with Gasteiger partial charge in [0.2, 0.25) is 0 Å². The van der Waals surface area contributed by atoms with Gasteiger partial charge in [-0.1, -0.05) is 36.8 Å². The minimum absolute atomic E-state index is 0.0427. The number of pyridine rings is 1. The van der Waals surface area contributed by atoms with Gasteiger partial charge in [-0.25, -0.2) is 0 Å². The van der Waals surface area contributed by atoms with Gasteiger partial charge >= 0.3 is 0 Å². The molecule has 1 aromatic carbocycles. The van der Waals surface area contributed by atoms with Crippen LogP contribution in [0.2, 0.25) is 0 Å². The molecule has 4 nitrogen and oxygen atoms in total. The fourth-order valence-electron chi connectivity index (χ4n) is 3.06. The van der Waals surface area contributed by atoms with Gasteiger partial charge in [0.15, 0.2) is 0 Å². The molecular formula is C20H25N3O.